The molecule has 0 aliphatic carbocycles. The molecule has 0 saturated carbocycles. The fourth-order valence-corrected chi connectivity index (χ4v) is 3.70. The van der Waals surface area contributed by atoms with Crippen molar-refractivity contribution in [1.82, 2.24) is 9.55 Å². The van der Waals surface area contributed by atoms with Gasteiger partial charge in [0.2, 0.25) is 5.88 Å². The Bertz CT molecular complexity index is 1040. The molecule has 0 saturated heterocycles. The summed E-state index contributed by atoms with van der Waals surface area (Å²) in [6.45, 7) is 3.58. The van der Waals surface area contributed by atoms with Crippen LogP contribution in [0.15, 0.2) is 47.4 Å². The van der Waals surface area contributed by atoms with Crippen LogP contribution in [-0.2, 0) is 35.5 Å². The molecule has 0 aliphatic heterocycles. The summed E-state index contributed by atoms with van der Waals surface area (Å²) in [6.07, 6.45) is 3.99. The Balaban J connectivity index is 1.55. The van der Waals surface area contributed by atoms with E-state index in [-0.39, 0.29) is 17.5 Å². The highest BCUT2D eigenvalue weighted by atomic mass is 32.1. The molecule has 0 aliphatic rings. The number of thiazole rings is 1. The number of esters is 1. The first-order chi connectivity index (χ1) is 14.5. The number of aryl methyl sites for hydroxylation is 1. The van der Waals surface area contributed by atoms with Gasteiger partial charge in [-0.05, 0) is 35.7 Å². The first-order valence-electron chi connectivity index (χ1n) is 9.66. The Morgan fingerprint density at radius 3 is 2.53 bits per heavy atom. The molecule has 8 heteroatoms. The summed E-state index contributed by atoms with van der Waals surface area (Å²) < 4.78 is 11.6. The number of aromatic nitrogens is 2. The van der Waals surface area contributed by atoms with E-state index < -0.39 is 5.97 Å². The minimum Gasteiger partial charge on any atom is -0.494 e. The van der Waals surface area contributed by atoms with Crippen LogP contribution in [0.1, 0.15) is 35.5 Å². The molecule has 0 bridgehead atoms. The SMILES string of the molecule is CCc1ccc(CCOc2ccc(Cc3sc(=O)n(COC(C)=O)c3O)cc2)nc1. The van der Waals surface area contributed by atoms with E-state index in [4.69, 9.17) is 9.47 Å². The normalized spacial score (nSPS) is 10.7. The molecule has 1 N–H and O–H groups in total. The average Bonchev–Trinajstić information content (AvgIpc) is 3.00. The fraction of sp³-hybridized carbons (Fsp3) is 0.318. The number of carbonyl (C=O) groups is 1. The second-order valence-electron chi connectivity index (χ2n) is 6.74. The molecular weight excluding hydrogens is 404 g/mol. The van der Waals surface area contributed by atoms with Crippen molar-refractivity contribution in [3.05, 3.63) is 74.0 Å². The molecule has 7 nitrogen and oxygen atoms in total. The first-order valence-corrected chi connectivity index (χ1v) is 10.5. The largest absolute Gasteiger partial charge is 0.494 e. The van der Waals surface area contributed by atoms with Crippen molar-refractivity contribution in [2.75, 3.05) is 6.61 Å². The predicted molar refractivity (Wildman–Crippen MR) is 114 cm³/mol. The number of hydrogen-bond acceptors (Lipinski definition) is 7. The highest BCUT2D eigenvalue weighted by Gasteiger charge is 2.15. The van der Waals surface area contributed by atoms with E-state index in [1.54, 1.807) is 0 Å². The molecule has 0 unspecified atom stereocenters. The van der Waals surface area contributed by atoms with Crippen molar-refractivity contribution < 1.29 is 19.4 Å². The van der Waals surface area contributed by atoms with Crippen LogP contribution in [0.5, 0.6) is 11.6 Å². The molecule has 0 fully saturated rings. The van der Waals surface area contributed by atoms with E-state index >= 15 is 0 Å². The third-order valence-electron chi connectivity index (χ3n) is 4.54. The van der Waals surface area contributed by atoms with Gasteiger partial charge >= 0.3 is 10.8 Å². The van der Waals surface area contributed by atoms with Gasteiger partial charge in [0, 0.05) is 31.7 Å². The van der Waals surface area contributed by atoms with Gasteiger partial charge in [0.25, 0.3) is 0 Å². The number of aromatic hydroxyl groups is 1. The maximum absolute atomic E-state index is 12.0. The van der Waals surface area contributed by atoms with Crippen LogP contribution in [-0.4, -0.2) is 27.2 Å². The maximum atomic E-state index is 12.0. The summed E-state index contributed by atoms with van der Waals surface area (Å²) in [5, 5.41) is 10.2. The molecule has 2 aromatic heterocycles. The Morgan fingerprint density at radius 1 is 1.17 bits per heavy atom. The Kier molecular flexibility index (Phi) is 7.24. The predicted octanol–water partition coefficient (Wildman–Crippen LogP) is 3.31. The van der Waals surface area contributed by atoms with Crippen LogP contribution in [0.25, 0.3) is 0 Å². The van der Waals surface area contributed by atoms with Gasteiger partial charge in [0.1, 0.15) is 5.75 Å². The van der Waals surface area contributed by atoms with Gasteiger partial charge in [0.15, 0.2) is 6.73 Å². The zero-order chi connectivity index (χ0) is 21.5. The number of benzene rings is 1. The lowest BCUT2D eigenvalue weighted by Crippen LogP contribution is -2.16. The highest BCUT2D eigenvalue weighted by molar-refractivity contribution is 7.09. The van der Waals surface area contributed by atoms with E-state index in [0.717, 1.165) is 45.8 Å². The zero-order valence-electron chi connectivity index (χ0n) is 17.0. The smallest absolute Gasteiger partial charge is 0.313 e. The summed E-state index contributed by atoms with van der Waals surface area (Å²) in [5.74, 6) is 0.0559. The maximum Gasteiger partial charge on any atom is 0.313 e. The van der Waals surface area contributed by atoms with Crippen molar-refractivity contribution in [2.24, 2.45) is 0 Å². The molecular formula is C22H24N2O5S. The lowest BCUT2D eigenvalue weighted by Gasteiger charge is -2.08. The summed E-state index contributed by atoms with van der Waals surface area (Å²) in [6, 6.07) is 11.6. The average molecular weight is 429 g/mol. The number of ether oxygens (including phenoxy) is 2. The number of hydrogen-bond donors (Lipinski definition) is 1. The van der Waals surface area contributed by atoms with Crippen molar-refractivity contribution in [1.29, 1.82) is 0 Å². The molecule has 0 atom stereocenters. The van der Waals surface area contributed by atoms with E-state index in [2.05, 4.69) is 18.0 Å². The van der Waals surface area contributed by atoms with Crippen molar-refractivity contribution in [2.45, 2.75) is 39.8 Å². The van der Waals surface area contributed by atoms with Crippen LogP contribution in [0.4, 0.5) is 0 Å². The van der Waals surface area contributed by atoms with Crippen molar-refractivity contribution >= 4 is 17.3 Å². The highest BCUT2D eigenvalue weighted by Crippen LogP contribution is 2.24. The van der Waals surface area contributed by atoms with Crippen LogP contribution in [0.3, 0.4) is 0 Å². The third kappa shape index (κ3) is 5.70. The molecule has 2 heterocycles. The number of carbonyl (C=O) groups excluding carboxylic acids is 1. The van der Waals surface area contributed by atoms with Gasteiger partial charge in [-0.15, -0.1) is 0 Å². The van der Waals surface area contributed by atoms with Gasteiger partial charge in [-0.1, -0.05) is 36.5 Å². The van der Waals surface area contributed by atoms with Crippen LogP contribution in [0.2, 0.25) is 0 Å². The van der Waals surface area contributed by atoms with Gasteiger partial charge in [0.05, 0.1) is 11.5 Å². The molecule has 3 aromatic rings. The van der Waals surface area contributed by atoms with E-state index in [0.29, 0.717) is 17.9 Å². The lowest BCUT2D eigenvalue weighted by molar-refractivity contribution is -0.144. The number of rotatable bonds is 9. The monoisotopic (exact) mass is 428 g/mol. The second-order valence-corrected chi connectivity index (χ2v) is 7.78. The topological polar surface area (TPSA) is 90.7 Å². The minimum absolute atomic E-state index is 0.173. The van der Waals surface area contributed by atoms with E-state index in [1.807, 2.05) is 36.5 Å². The van der Waals surface area contributed by atoms with E-state index in [1.165, 1.54) is 12.5 Å². The number of nitrogens with zero attached hydrogens (tertiary/aromatic N) is 2. The number of pyridine rings is 1. The zero-order valence-corrected chi connectivity index (χ0v) is 17.8. The molecule has 0 amide bonds. The third-order valence-corrected chi connectivity index (χ3v) is 5.51. The Labute approximate surface area is 178 Å². The quantitative estimate of drug-likeness (QED) is 0.526. The molecule has 30 heavy (non-hydrogen) atoms. The summed E-state index contributed by atoms with van der Waals surface area (Å²) >= 11 is 0.934. The Hall–Kier alpha value is -3.13. The van der Waals surface area contributed by atoms with Gasteiger partial charge in [-0.3, -0.25) is 14.6 Å². The molecule has 0 spiro atoms. The van der Waals surface area contributed by atoms with Gasteiger partial charge < -0.3 is 14.6 Å². The van der Waals surface area contributed by atoms with Crippen molar-refractivity contribution in [3.63, 3.8) is 0 Å². The van der Waals surface area contributed by atoms with Gasteiger partial charge in [-0.2, -0.15) is 0 Å². The van der Waals surface area contributed by atoms with Gasteiger partial charge in [-0.25, -0.2) is 4.57 Å². The van der Waals surface area contributed by atoms with Crippen molar-refractivity contribution in [3.8, 4) is 11.6 Å². The molecule has 0 radical (unpaired) electrons. The lowest BCUT2D eigenvalue weighted by atomic mass is 10.1. The first kappa shape index (κ1) is 21.6. The van der Waals surface area contributed by atoms with E-state index in [9.17, 15) is 14.7 Å². The minimum atomic E-state index is -0.515. The van der Waals surface area contributed by atoms with Crippen LogP contribution >= 0.6 is 11.3 Å². The summed E-state index contributed by atoms with van der Waals surface area (Å²) in [4.78, 5) is 27.5. The summed E-state index contributed by atoms with van der Waals surface area (Å²) in [7, 11) is 0. The molecule has 1 aromatic carbocycles. The Morgan fingerprint density at radius 2 is 1.90 bits per heavy atom. The molecule has 3 rings (SSSR count). The standard InChI is InChI=1S/C22H24N2O5S/c1-3-16-4-7-18(23-13-16)10-11-28-19-8-5-17(6-9-19)12-20-21(26)24(22(27)30-20)14-29-15(2)25/h4-9,13,26H,3,10-12,14H2,1-2H3. The van der Waals surface area contributed by atoms with Crippen LogP contribution in [0, 0.1) is 0 Å². The summed E-state index contributed by atoms with van der Waals surface area (Å²) in [5.41, 5.74) is 3.14. The second kappa shape index (κ2) is 10.1. The fourth-order valence-electron chi connectivity index (χ4n) is 2.80. The van der Waals surface area contributed by atoms with Crippen LogP contribution < -0.4 is 9.61 Å². The molecule has 158 valence electrons.